The van der Waals surface area contributed by atoms with Crippen LogP contribution in [0.2, 0.25) is 0 Å². The smallest absolute Gasteiger partial charge is 0.309 e. The molecule has 184 valence electrons. The van der Waals surface area contributed by atoms with E-state index in [0.29, 0.717) is 0 Å². The predicted octanol–water partition coefficient (Wildman–Crippen LogP) is 9.97. The zero-order valence-corrected chi connectivity index (χ0v) is 21.6. The van der Waals surface area contributed by atoms with Gasteiger partial charge in [-0.15, -0.1) is 0 Å². The van der Waals surface area contributed by atoms with Crippen molar-refractivity contribution in [1.29, 1.82) is 0 Å². The Morgan fingerprint density at radius 2 is 1.06 bits per heavy atom. The predicted molar refractivity (Wildman–Crippen MR) is 139 cm³/mol. The fourth-order valence-corrected chi connectivity index (χ4v) is 4.49. The third-order valence-electron chi connectivity index (χ3n) is 6.71. The van der Waals surface area contributed by atoms with E-state index < -0.39 is 0 Å². The summed E-state index contributed by atoms with van der Waals surface area (Å²) in [6, 6.07) is 10.1. The van der Waals surface area contributed by atoms with Gasteiger partial charge in [0.05, 0.1) is 5.92 Å². The Morgan fingerprint density at radius 3 is 1.50 bits per heavy atom. The van der Waals surface area contributed by atoms with Crippen molar-refractivity contribution in [2.45, 2.75) is 142 Å². The molecule has 1 atom stereocenters. The van der Waals surface area contributed by atoms with E-state index in [1.165, 1.54) is 89.9 Å². The second kappa shape index (κ2) is 20.3. The molecule has 0 saturated heterocycles. The van der Waals surface area contributed by atoms with E-state index in [-0.39, 0.29) is 18.0 Å². The summed E-state index contributed by atoms with van der Waals surface area (Å²) in [5.74, 6) is 0.0913. The number of rotatable bonds is 21. The lowest BCUT2D eigenvalue weighted by molar-refractivity contribution is -0.154. The maximum Gasteiger partial charge on any atom is 0.309 e. The topological polar surface area (TPSA) is 26.3 Å². The van der Waals surface area contributed by atoms with Crippen LogP contribution in [0.15, 0.2) is 30.3 Å². The van der Waals surface area contributed by atoms with Crippen molar-refractivity contribution in [2.24, 2.45) is 5.92 Å². The summed E-state index contributed by atoms with van der Waals surface area (Å²) in [5, 5.41) is 0. The molecule has 0 spiro atoms. The first-order chi connectivity index (χ1) is 15.7. The molecule has 0 saturated carbocycles. The molecule has 0 bridgehead atoms. The molecule has 0 N–H and O–H groups in total. The molecule has 0 aliphatic heterocycles. The van der Waals surface area contributed by atoms with Crippen LogP contribution in [0.4, 0.5) is 0 Å². The first-order valence-electron chi connectivity index (χ1n) is 13.9. The van der Waals surface area contributed by atoms with Crippen LogP contribution >= 0.6 is 0 Å². The Balaban J connectivity index is 2.37. The Bertz CT molecular complexity index is 519. The van der Waals surface area contributed by atoms with Gasteiger partial charge in [0.25, 0.3) is 0 Å². The lowest BCUT2D eigenvalue weighted by Crippen LogP contribution is -2.20. The average molecular weight is 445 g/mol. The molecule has 2 heteroatoms. The number of carbonyl (C=O) groups excluding carboxylic acids is 1. The fraction of sp³-hybridized carbons (Fsp3) is 0.767. The first-order valence-corrected chi connectivity index (χ1v) is 13.9. The van der Waals surface area contributed by atoms with Gasteiger partial charge in [-0.2, -0.15) is 0 Å². The minimum Gasteiger partial charge on any atom is -0.458 e. The number of unbranched alkanes of at least 4 members (excludes halogenated alkanes) is 14. The molecule has 32 heavy (non-hydrogen) atoms. The van der Waals surface area contributed by atoms with Gasteiger partial charge < -0.3 is 4.74 Å². The van der Waals surface area contributed by atoms with Gasteiger partial charge in [-0.3, -0.25) is 4.79 Å². The Labute approximate surface area is 199 Å². The number of hydrogen-bond donors (Lipinski definition) is 0. The zero-order valence-electron chi connectivity index (χ0n) is 21.6. The largest absolute Gasteiger partial charge is 0.458 e. The summed E-state index contributed by atoms with van der Waals surface area (Å²) in [6.45, 7) is 6.53. The van der Waals surface area contributed by atoms with Crippen molar-refractivity contribution in [3.8, 4) is 0 Å². The highest BCUT2D eigenvalue weighted by Crippen LogP contribution is 2.24. The molecule has 0 amide bonds. The number of benzene rings is 1. The second-order valence-corrected chi connectivity index (χ2v) is 9.71. The normalized spacial score (nSPS) is 12.2. The Kier molecular flexibility index (Phi) is 18.2. The van der Waals surface area contributed by atoms with Crippen LogP contribution in [-0.4, -0.2) is 5.97 Å². The van der Waals surface area contributed by atoms with Crippen LogP contribution in [0.25, 0.3) is 0 Å². The molecule has 1 aromatic rings. The first kappa shape index (κ1) is 28.7. The highest BCUT2D eigenvalue weighted by Gasteiger charge is 2.22. The highest BCUT2D eigenvalue weighted by molar-refractivity contribution is 5.72. The third kappa shape index (κ3) is 14.7. The molecular weight excluding hydrogens is 392 g/mol. The van der Waals surface area contributed by atoms with E-state index in [1.54, 1.807) is 0 Å². The van der Waals surface area contributed by atoms with Crippen molar-refractivity contribution in [1.82, 2.24) is 0 Å². The van der Waals surface area contributed by atoms with Crippen molar-refractivity contribution < 1.29 is 9.53 Å². The summed E-state index contributed by atoms with van der Waals surface area (Å²) in [4.78, 5) is 13.0. The van der Waals surface area contributed by atoms with E-state index in [4.69, 9.17) is 4.74 Å². The minimum absolute atomic E-state index is 0.0206. The monoisotopic (exact) mass is 444 g/mol. The van der Waals surface area contributed by atoms with Crippen molar-refractivity contribution in [2.75, 3.05) is 0 Å². The maximum atomic E-state index is 13.0. The van der Waals surface area contributed by atoms with Gasteiger partial charge in [-0.25, -0.2) is 0 Å². The van der Waals surface area contributed by atoms with Gasteiger partial charge in [0, 0.05) is 0 Å². The summed E-state index contributed by atoms with van der Waals surface area (Å²) in [7, 11) is 0. The lowest BCUT2D eigenvalue weighted by Gasteiger charge is -2.20. The average Bonchev–Trinajstić information content (AvgIpc) is 2.81. The van der Waals surface area contributed by atoms with Crippen molar-refractivity contribution in [3.05, 3.63) is 35.9 Å². The van der Waals surface area contributed by atoms with Crippen molar-refractivity contribution >= 4 is 5.97 Å². The van der Waals surface area contributed by atoms with E-state index in [0.717, 1.165) is 31.2 Å². The Morgan fingerprint density at radius 1 is 0.656 bits per heavy atom. The maximum absolute atomic E-state index is 13.0. The number of esters is 1. The lowest BCUT2D eigenvalue weighted by atomic mass is 9.94. The molecule has 1 unspecified atom stereocenters. The molecule has 0 aliphatic carbocycles. The third-order valence-corrected chi connectivity index (χ3v) is 6.71. The van der Waals surface area contributed by atoms with Crippen LogP contribution < -0.4 is 0 Å². The molecule has 0 fully saturated rings. The van der Waals surface area contributed by atoms with Gasteiger partial charge in [0.1, 0.15) is 6.10 Å². The SMILES string of the molecule is CCCCCCCCCCC(CCCCCCCCCC)C(=O)OC(C)c1ccccc1. The minimum atomic E-state index is -0.164. The quantitative estimate of drug-likeness (QED) is 0.139. The number of carbonyl (C=O) groups is 1. The molecular formula is C30H52O2. The van der Waals surface area contributed by atoms with E-state index in [1.807, 2.05) is 37.3 Å². The fourth-order valence-electron chi connectivity index (χ4n) is 4.49. The summed E-state index contributed by atoms with van der Waals surface area (Å²) < 4.78 is 5.90. The molecule has 0 heterocycles. The summed E-state index contributed by atoms with van der Waals surface area (Å²) in [6.07, 6.45) is 22.8. The standard InChI is InChI=1S/C30H52O2/c1-4-6-8-10-12-14-16-19-25-29(26-20-17-15-13-11-9-7-5-2)30(31)32-27(3)28-23-21-18-22-24-28/h18,21-24,27,29H,4-17,19-20,25-26H2,1-3H3. The van der Waals surface area contributed by atoms with Crippen LogP contribution in [0.3, 0.4) is 0 Å². The molecule has 0 radical (unpaired) electrons. The highest BCUT2D eigenvalue weighted by atomic mass is 16.5. The van der Waals surface area contributed by atoms with Gasteiger partial charge in [-0.1, -0.05) is 147 Å². The molecule has 1 rings (SSSR count). The van der Waals surface area contributed by atoms with Gasteiger partial charge in [0.2, 0.25) is 0 Å². The molecule has 0 aliphatic rings. The molecule has 0 aromatic heterocycles. The van der Waals surface area contributed by atoms with Crippen LogP contribution in [0.5, 0.6) is 0 Å². The van der Waals surface area contributed by atoms with Gasteiger partial charge in [-0.05, 0) is 25.3 Å². The molecule has 2 nitrogen and oxygen atoms in total. The van der Waals surface area contributed by atoms with E-state index in [2.05, 4.69) is 13.8 Å². The summed E-state index contributed by atoms with van der Waals surface area (Å²) >= 11 is 0. The van der Waals surface area contributed by atoms with Gasteiger partial charge >= 0.3 is 5.97 Å². The van der Waals surface area contributed by atoms with Crippen LogP contribution in [-0.2, 0) is 9.53 Å². The van der Waals surface area contributed by atoms with Crippen LogP contribution in [0.1, 0.15) is 148 Å². The van der Waals surface area contributed by atoms with E-state index in [9.17, 15) is 4.79 Å². The summed E-state index contributed by atoms with van der Waals surface area (Å²) in [5.41, 5.74) is 1.08. The van der Waals surface area contributed by atoms with Crippen LogP contribution in [0, 0.1) is 5.92 Å². The van der Waals surface area contributed by atoms with E-state index >= 15 is 0 Å². The zero-order chi connectivity index (χ0) is 23.3. The van der Waals surface area contributed by atoms with Gasteiger partial charge in [0.15, 0.2) is 0 Å². The molecule has 1 aromatic carbocycles. The Hall–Kier alpha value is -1.31. The number of hydrogen-bond acceptors (Lipinski definition) is 2. The second-order valence-electron chi connectivity index (χ2n) is 9.71. The number of ether oxygens (including phenoxy) is 1. The van der Waals surface area contributed by atoms with Crippen molar-refractivity contribution in [3.63, 3.8) is 0 Å².